The molecule has 1 aromatic carbocycles. The van der Waals surface area contributed by atoms with Crippen molar-refractivity contribution in [3.63, 3.8) is 0 Å². The van der Waals surface area contributed by atoms with E-state index in [1.165, 1.54) is 0 Å². The van der Waals surface area contributed by atoms with Crippen LogP contribution in [0.15, 0.2) is 34.9 Å². The Morgan fingerprint density at radius 3 is 2.86 bits per heavy atom. The Balaban J connectivity index is 2.69. The zero-order valence-corrected chi connectivity index (χ0v) is 9.21. The average molecular weight is 250 g/mol. The number of nitrogens with zero attached hydrogens (tertiary/aromatic N) is 1. The minimum atomic E-state index is 0.0758. The third-order valence-corrected chi connectivity index (χ3v) is 2.49. The fourth-order valence-corrected chi connectivity index (χ4v) is 1.67. The number of benzene rings is 1. The summed E-state index contributed by atoms with van der Waals surface area (Å²) < 4.78 is 0.922. The molecule has 0 bridgehead atoms. The van der Waals surface area contributed by atoms with E-state index in [4.69, 9.17) is 0 Å². The minimum Gasteiger partial charge on any atom is -0.295 e. The standard InChI is InChI=1S/C11H8BrNO/c1-7(14)8-2-3-11-9(4-8)5-10(12)6-13-11/h2-6H,1H3. The van der Waals surface area contributed by atoms with E-state index in [0.29, 0.717) is 0 Å². The van der Waals surface area contributed by atoms with Crippen molar-refractivity contribution in [3.05, 3.63) is 40.5 Å². The lowest BCUT2D eigenvalue weighted by Crippen LogP contribution is -1.91. The van der Waals surface area contributed by atoms with Gasteiger partial charge in [-0.05, 0) is 47.1 Å². The lowest BCUT2D eigenvalue weighted by atomic mass is 10.1. The summed E-state index contributed by atoms with van der Waals surface area (Å²) in [6.07, 6.45) is 1.75. The Labute approximate surface area is 90.1 Å². The summed E-state index contributed by atoms with van der Waals surface area (Å²) in [5.41, 5.74) is 1.62. The fraction of sp³-hybridized carbons (Fsp3) is 0.0909. The normalized spacial score (nSPS) is 10.4. The number of rotatable bonds is 1. The van der Waals surface area contributed by atoms with Crippen LogP contribution in [0.3, 0.4) is 0 Å². The second kappa shape index (κ2) is 3.50. The number of halogens is 1. The molecule has 0 radical (unpaired) electrons. The summed E-state index contributed by atoms with van der Waals surface area (Å²) in [4.78, 5) is 15.4. The molecule has 2 aromatic rings. The molecule has 2 rings (SSSR count). The molecule has 0 aliphatic heterocycles. The number of pyridine rings is 1. The zero-order chi connectivity index (χ0) is 10.1. The van der Waals surface area contributed by atoms with Crippen molar-refractivity contribution >= 4 is 32.6 Å². The Morgan fingerprint density at radius 1 is 1.36 bits per heavy atom. The van der Waals surface area contributed by atoms with E-state index in [0.717, 1.165) is 20.9 Å². The van der Waals surface area contributed by atoms with Crippen LogP contribution in [-0.2, 0) is 0 Å². The van der Waals surface area contributed by atoms with E-state index in [2.05, 4.69) is 20.9 Å². The third-order valence-electron chi connectivity index (χ3n) is 2.05. The van der Waals surface area contributed by atoms with Gasteiger partial charge < -0.3 is 0 Å². The highest BCUT2D eigenvalue weighted by molar-refractivity contribution is 9.10. The molecule has 0 saturated heterocycles. The van der Waals surface area contributed by atoms with Gasteiger partial charge in [-0.25, -0.2) is 0 Å². The summed E-state index contributed by atoms with van der Waals surface area (Å²) in [5.74, 6) is 0.0758. The number of Topliss-reactive ketones (excluding diaryl/α,β-unsaturated/α-hetero) is 1. The van der Waals surface area contributed by atoms with Crippen molar-refractivity contribution in [2.45, 2.75) is 6.92 Å². The summed E-state index contributed by atoms with van der Waals surface area (Å²) in [7, 11) is 0. The maximum absolute atomic E-state index is 11.1. The van der Waals surface area contributed by atoms with Gasteiger partial charge in [-0.2, -0.15) is 0 Å². The van der Waals surface area contributed by atoms with E-state index in [9.17, 15) is 4.79 Å². The lowest BCUT2D eigenvalue weighted by molar-refractivity contribution is 0.101. The molecule has 2 nitrogen and oxygen atoms in total. The van der Waals surface area contributed by atoms with Crippen LogP contribution in [0.4, 0.5) is 0 Å². The predicted octanol–water partition coefficient (Wildman–Crippen LogP) is 3.20. The third kappa shape index (κ3) is 1.68. The van der Waals surface area contributed by atoms with Crippen LogP contribution in [0.1, 0.15) is 17.3 Å². The molecule has 0 atom stereocenters. The van der Waals surface area contributed by atoms with Crippen LogP contribution in [0.5, 0.6) is 0 Å². The molecule has 70 valence electrons. The number of aromatic nitrogens is 1. The first-order chi connectivity index (χ1) is 6.66. The Hall–Kier alpha value is -1.22. The Morgan fingerprint density at radius 2 is 2.14 bits per heavy atom. The topological polar surface area (TPSA) is 30.0 Å². The van der Waals surface area contributed by atoms with Gasteiger partial charge in [0.05, 0.1) is 5.52 Å². The number of fused-ring (bicyclic) bond motifs is 1. The lowest BCUT2D eigenvalue weighted by Gasteiger charge is -2.00. The molecule has 0 unspecified atom stereocenters. The van der Waals surface area contributed by atoms with Gasteiger partial charge in [0.15, 0.2) is 5.78 Å². The maximum Gasteiger partial charge on any atom is 0.159 e. The van der Waals surface area contributed by atoms with E-state index in [1.54, 1.807) is 19.2 Å². The highest BCUT2D eigenvalue weighted by Gasteiger charge is 2.01. The number of hydrogen-bond donors (Lipinski definition) is 0. The zero-order valence-electron chi connectivity index (χ0n) is 7.62. The number of ketones is 1. The van der Waals surface area contributed by atoms with Gasteiger partial charge in [-0.1, -0.05) is 0 Å². The second-order valence-electron chi connectivity index (χ2n) is 3.12. The van der Waals surface area contributed by atoms with E-state index in [1.807, 2.05) is 18.2 Å². The van der Waals surface area contributed by atoms with Gasteiger partial charge in [0, 0.05) is 21.6 Å². The second-order valence-corrected chi connectivity index (χ2v) is 4.03. The number of hydrogen-bond acceptors (Lipinski definition) is 2. The van der Waals surface area contributed by atoms with Crippen molar-refractivity contribution in [1.82, 2.24) is 4.98 Å². The minimum absolute atomic E-state index is 0.0758. The van der Waals surface area contributed by atoms with Crippen LogP contribution >= 0.6 is 15.9 Å². The summed E-state index contributed by atoms with van der Waals surface area (Å²) in [6.45, 7) is 1.56. The first-order valence-electron chi connectivity index (χ1n) is 4.23. The van der Waals surface area contributed by atoms with Crippen LogP contribution in [0, 0.1) is 0 Å². The molecule has 0 fully saturated rings. The first kappa shape index (κ1) is 9.34. The molecular formula is C11H8BrNO. The van der Waals surface area contributed by atoms with E-state index >= 15 is 0 Å². The van der Waals surface area contributed by atoms with E-state index in [-0.39, 0.29) is 5.78 Å². The first-order valence-corrected chi connectivity index (χ1v) is 5.02. The molecular weight excluding hydrogens is 242 g/mol. The monoisotopic (exact) mass is 249 g/mol. The largest absolute Gasteiger partial charge is 0.295 e. The molecule has 1 heterocycles. The molecule has 0 aliphatic rings. The summed E-state index contributed by atoms with van der Waals surface area (Å²) in [5, 5.41) is 0.979. The van der Waals surface area contributed by atoms with Crippen molar-refractivity contribution in [2.75, 3.05) is 0 Å². The van der Waals surface area contributed by atoms with Crippen molar-refractivity contribution < 1.29 is 4.79 Å². The van der Waals surface area contributed by atoms with Crippen molar-refractivity contribution in [1.29, 1.82) is 0 Å². The van der Waals surface area contributed by atoms with Gasteiger partial charge in [-0.3, -0.25) is 9.78 Å². The molecule has 14 heavy (non-hydrogen) atoms. The van der Waals surface area contributed by atoms with Gasteiger partial charge in [0.1, 0.15) is 0 Å². The van der Waals surface area contributed by atoms with Crippen LogP contribution in [0.25, 0.3) is 10.9 Å². The predicted molar refractivity (Wildman–Crippen MR) is 59.4 cm³/mol. The average Bonchev–Trinajstić information content (AvgIpc) is 2.16. The molecule has 0 saturated carbocycles. The number of carbonyl (C=O) groups excluding carboxylic acids is 1. The Kier molecular flexibility index (Phi) is 2.33. The van der Waals surface area contributed by atoms with Gasteiger partial charge >= 0.3 is 0 Å². The molecule has 0 aliphatic carbocycles. The highest BCUT2D eigenvalue weighted by Crippen LogP contribution is 2.18. The summed E-state index contributed by atoms with van der Waals surface area (Å²) in [6, 6.07) is 7.47. The highest BCUT2D eigenvalue weighted by atomic mass is 79.9. The molecule has 0 amide bonds. The van der Waals surface area contributed by atoms with Crippen LogP contribution < -0.4 is 0 Å². The maximum atomic E-state index is 11.1. The van der Waals surface area contributed by atoms with Gasteiger partial charge in [-0.15, -0.1) is 0 Å². The quantitative estimate of drug-likeness (QED) is 0.727. The van der Waals surface area contributed by atoms with Gasteiger partial charge in [0.2, 0.25) is 0 Å². The molecule has 0 N–H and O–H groups in total. The van der Waals surface area contributed by atoms with Gasteiger partial charge in [0.25, 0.3) is 0 Å². The smallest absolute Gasteiger partial charge is 0.159 e. The molecule has 1 aromatic heterocycles. The Bertz CT molecular complexity index is 508. The molecule has 3 heteroatoms. The SMILES string of the molecule is CC(=O)c1ccc2ncc(Br)cc2c1. The van der Waals surface area contributed by atoms with Crippen molar-refractivity contribution in [2.24, 2.45) is 0 Å². The fourth-order valence-electron chi connectivity index (χ4n) is 1.32. The van der Waals surface area contributed by atoms with Crippen LogP contribution in [-0.4, -0.2) is 10.8 Å². The van der Waals surface area contributed by atoms with Crippen molar-refractivity contribution in [3.8, 4) is 0 Å². The summed E-state index contributed by atoms with van der Waals surface area (Å²) >= 11 is 3.35. The van der Waals surface area contributed by atoms with Crippen LogP contribution in [0.2, 0.25) is 0 Å². The number of carbonyl (C=O) groups is 1. The molecule has 0 spiro atoms. The van der Waals surface area contributed by atoms with E-state index < -0.39 is 0 Å².